The highest BCUT2D eigenvalue weighted by Gasteiger charge is 2.24. The van der Waals surface area contributed by atoms with E-state index in [9.17, 15) is 9.18 Å². The van der Waals surface area contributed by atoms with Crippen LogP contribution in [0.4, 0.5) is 4.39 Å². The molecular weight excluding hydrogens is 403 g/mol. The number of likely N-dealkylation sites (tertiary alicyclic amines) is 1. The lowest BCUT2D eigenvalue weighted by molar-refractivity contribution is 0.0949. The quantitative estimate of drug-likeness (QED) is 0.621. The van der Waals surface area contributed by atoms with Gasteiger partial charge in [0.15, 0.2) is 0 Å². The Morgan fingerprint density at radius 2 is 1.97 bits per heavy atom. The summed E-state index contributed by atoms with van der Waals surface area (Å²) >= 11 is 0. The monoisotopic (exact) mass is 432 g/mol. The summed E-state index contributed by atoms with van der Waals surface area (Å²) in [6, 6.07) is 14.7. The summed E-state index contributed by atoms with van der Waals surface area (Å²) in [6.07, 6.45) is 3.80. The van der Waals surface area contributed by atoms with Gasteiger partial charge < -0.3 is 5.32 Å². The maximum atomic E-state index is 13.0. The minimum Gasteiger partial charge on any atom is -0.348 e. The second-order valence-electron chi connectivity index (χ2n) is 8.60. The van der Waals surface area contributed by atoms with Crippen molar-refractivity contribution in [3.63, 3.8) is 0 Å². The number of amides is 1. The van der Waals surface area contributed by atoms with Crippen molar-refractivity contribution < 1.29 is 9.18 Å². The molecule has 5 nitrogen and oxygen atoms in total. The topological polar surface area (TPSA) is 58.1 Å². The highest BCUT2D eigenvalue weighted by atomic mass is 19.1. The van der Waals surface area contributed by atoms with Crippen LogP contribution >= 0.6 is 0 Å². The number of carbonyl (C=O) groups excluding carboxylic acids is 1. The number of aryl methyl sites for hydroxylation is 2. The Morgan fingerprint density at radius 1 is 1.16 bits per heavy atom. The first-order valence-electron chi connectivity index (χ1n) is 11.1. The molecule has 1 N–H and O–H groups in total. The molecule has 1 amide bonds. The molecule has 1 aliphatic rings. The first-order valence-corrected chi connectivity index (χ1v) is 11.1. The third-order valence-electron chi connectivity index (χ3n) is 5.97. The minimum atomic E-state index is -0.292. The van der Waals surface area contributed by atoms with Crippen LogP contribution in [0.25, 0.3) is 0 Å². The number of benzene rings is 2. The average Bonchev–Trinajstić information content (AvgIpc) is 2.78. The number of hydrogen-bond acceptors (Lipinski definition) is 4. The summed E-state index contributed by atoms with van der Waals surface area (Å²) in [7, 11) is 0. The van der Waals surface area contributed by atoms with Crippen molar-refractivity contribution in [2.75, 3.05) is 13.1 Å². The number of nitrogens with zero attached hydrogens (tertiary/aromatic N) is 3. The predicted molar refractivity (Wildman–Crippen MR) is 123 cm³/mol. The fourth-order valence-electron chi connectivity index (χ4n) is 4.26. The number of carbonyl (C=O) groups is 1. The lowest BCUT2D eigenvalue weighted by atomic mass is 9.96. The molecule has 6 heteroatoms. The van der Waals surface area contributed by atoms with E-state index in [2.05, 4.69) is 46.4 Å². The second kappa shape index (κ2) is 10.0. The molecule has 166 valence electrons. The van der Waals surface area contributed by atoms with Gasteiger partial charge in [-0.25, -0.2) is 14.4 Å². The van der Waals surface area contributed by atoms with Gasteiger partial charge in [0.2, 0.25) is 0 Å². The summed E-state index contributed by atoms with van der Waals surface area (Å²) in [4.78, 5) is 24.3. The molecule has 2 aromatic carbocycles. The molecule has 2 heterocycles. The molecule has 1 fully saturated rings. The molecule has 0 unspecified atom stereocenters. The number of hydrogen-bond donors (Lipinski definition) is 1. The molecule has 0 bridgehead atoms. The van der Waals surface area contributed by atoms with Crippen LogP contribution in [0.3, 0.4) is 0 Å². The molecule has 1 aromatic heterocycles. The number of rotatable bonds is 6. The first-order chi connectivity index (χ1) is 15.5. The molecule has 1 atom stereocenters. The summed E-state index contributed by atoms with van der Waals surface area (Å²) in [5, 5.41) is 2.86. The molecule has 1 aliphatic heterocycles. The van der Waals surface area contributed by atoms with Crippen LogP contribution in [-0.2, 0) is 13.1 Å². The van der Waals surface area contributed by atoms with Crippen LogP contribution in [0.1, 0.15) is 57.3 Å². The zero-order valence-electron chi connectivity index (χ0n) is 18.6. The molecular formula is C26H29FN4O. The van der Waals surface area contributed by atoms with Gasteiger partial charge in [-0.3, -0.25) is 9.69 Å². The first kappa shape index (κ1) is 22.1. The van der Waals surface area contributed by atoms with Gasteiger partial charge in [-0.05, 0) is 56.5 Å². The Morgan fingerprint density at radius 3 is 2.72 bits per heavy atom. The lowest BCUT2D eigenvalue weighted by Gasteiger charge is -2.32. The van der Waals surface area contributed by atoms with Crippen molar-refractivity contribution in [2.45, 2.75) is 45.7 Å². The number of nitrogens with one attached hydrogen (secondary N) is 1. The van der Waals surface area contributed by atoms with E-state index in [-0.39, 0.29) is 17.6 Å². The second-order valence-corrected chi connectivity index (χ2v) is 8.60. The Balaban J connectivity index is 1.38. The molecule has 4 rings (SSSR count). The number of aromatic nitrogens is 2. The van der Waals surface area contributed by atoms with Gasteiger partial charge in [-0.15, -0.1) is 0 Å². The largest absolute Gasteiger partial charge is 0.348 e. The number of piperidine rings is 1. The van der Waals surface area contributed by atoms with E-state index in [1.54, 1.807) is 18.3 Å². The standard InChI is InChI=1S/C26H29FN4O/c1-18-5-3-6-21(13-18)16-31-12-4-7-22(17-31)25-28-15-24(19(2)30-25)26(32)29-14-20-8-10-23(27)11-9-20/h3,5-6,8-11,13,15,22H,4,7,12,14,16-17H2,1-2H3,(H,29,32)/t22-/m1/s1. The summed E-state index contributed by atoms with van der Waals surface area (Å²) in [6.45, 7) is 7.23. The summed E-state index contributed by atoms with van der Waals surface area (Å²) in [5.41, 5.74) is 4.61. The van der Waals surface area contributed by atoms with E-state index in [1.807, 2.05) is 6.92 Å². The van der Waals surface area contributed by atoms with Gasteiger partial charge in [0.25, 0.3) is 5.91 Å². The van der Waals surface area contributed by atoms with Crippen LogP contribution in [0.2, 0.25) is 0 Å². The Labute approximate surface area is 188 Å². The molecule has 1 saturated heterocycles. The normalized spacial score (nSPS) is 16.7. The van der Waals surface area contributed by atoms with Gasteiger partial charge >= 0.3 is 0 Å². The van der Waals surface area contributed by atoms with E-state index in [4.69, 9.17) is 4.98 Å². The molecule has 0 radical (unpaired) electrons. The molecule has 3 aromatic rings. The van der Waals surface area contributed by atoms with Gasteiger partial charge in [0.1, 0.15) is 11.6 Å². The SMILES string of the molecule is Cc1cccc(CN2CCC[C@@H](c3ncc(C(=O)NCc4ccc(F)cc4)c(C)n3)C2)c1. The third-order valence-corrected chi connectivity index (χ3v) is 5.97. The zero-order chi connectivity index (χ0) is 22.5. The van der Waals surface area contributed by atoms with Crippen molar-refractivity contribution >= 4 is 5.91 Å². The van der Waals surface area contributed by atoms with Crippen LogP contribution in [0, 0.1) is 19.7 Å². The Kier molecular flexibility index (Phi) is 6.90. The third kappa shape index (κ3) is 5.56. The number of halogens is 1. The highest BCUT2D eigenvalue weighted by molar-refractivity contribution is 5.94. The molecule has 32 heavy (non-hydrogen) atoms. The van der Waals surface area contributed by atoms with Crippen LogP contribution < -0.4 is 5.32 Å². The fraction of sp³-hybridized carbons (Fsp3) is 0.346. The van der Waals surface area contributed by atoms with Crippen molar-refractivity contribution in [1.29, 1.82) is 0 Å². The highest BCUT2D eigenvalue weighted by Crippen LogP contribution is 2.26. The lowest BCUT2D eigenvalue weighted by Crippen LogP contribution is -2.34. The van der Waals surface area contributed by atoms with E-state index >= 15 is 0 Å². The van der Waals surface area contributed by atoms with Gasteiger partial charge in [-0.2, -0.15) is 0 Å². The van der Waals surface area contributed by atoms with Crippen LogP contribution in [-0.4, -0.2) is 33.9 Å². The van der Waals surface area contributed by atoms with E-state index in [0.29, 0.717) is 17.8 Å². The summed E-state index contributed by atoms with van der Waals surface area (Å²) in [5.74, 6) is 0.568. The van der Waals surface area contributed by atoms with E-state index < -0.39 is 0 Å². The minimum absolute atomic E-state index is 0.219. The van der Waals surface area contributed by atoms with Crippen molar-refractivity contribution in [3.8, 4) is 0 Å². The van der Waals surface area contributed by atoms with Crippen LogP contribution in [0.15, 0.2) is 54.7 Å². The van der Waals surface area contributed by atoms with Gasteiger partial charge in [0.05, 0.1) is 11.3 Å². The molecule has 0 aliphatic carbocycles. The Hall–Kier alpha value is -3.12. The fourth-order valence-corrected chi connectivity index (χ4v) is 4.26. The average molecular weight is 433 g/mol. The van der Waals surface area contributed by atoms with Crippen molar-refractivity contribution in [1.82, 2.24) is 20.2 Å². The van der Waals surface area contributed by atoms with E-state index in [1.165, 1.54) is 23.3 Å². The maximum Gasteiger partial charge on any atom is 0.254 e. The smallest absolute Gasteiger partial charge is 0.254 e. The van der Waals surface area contributed by atoms with Crippen molar-refractivity contribution in [3.05, 3.63) is 94.3 Å². The van der Waals surface area contributed by atoms with Crippen molar-refractivity contribution in [2.24, 2.45) is 0 Å². The van der Waals surface area contributed by atoms with Crippen LogP contribution in [0.5, 0.6) is 0 Å². The zero-order valence-corrected chi connectivity index (χ0v) is 18.6. The van der Waals surface area contributed by atoms with E-state index in [0.717, 1.165) is 43.9 Å². The molecule has 0 spiro atoms. The maximum absolute atomic E-state index is 13.0. The summed E-state index contributed by atoms with van der Waals surface area (Å²) < 4.78 is 13.0. The predicted octanol–water partition coefficient (Wildman–Crippen LogP) is 4.54. The Bertz CT molecular complexity index is 1080. The van der Waals surface area contributed by atoms with Gasteiger partial charge in [0, 0.05) is 31.7 Å². The van der Waals surface area contributed by atoms with Gasteiger partial charge in [-0.1, -0.05) is 42.0 Å². The molecule has 0 saturated carbocycles.